The van der Waals surface area contributed by atoms with Crippen LogP contribution in [0.4, 0.5) is 0 Å². The number of rotatable bonds is 6. The lowest BCUT2D eigenvalue weighted by atomic mass is 9.95. The number of nitriles is 1. The predicted octanol–water partition coefficient (Wildman–Crippen LogP) is 4.26. The summed E-state index contributed by atoms with van der Waals surface area (Å²) in [5.74, 6) is 1.61. The third kappa shape index (κ3) is 4.75. The zero-order valence-corrected chi connectivity index (χ0v) is 20.1. The van der Waals surface area contributed by atoms with Crippen LogP contribution < -0.4 is 19.8 Å². The van der Waals surface area contributed by atoms with Gasteiger partial charge in [-0.1, -0.05) is 36.7 Å². The molecule has 0 aliphatic carbocycles. The monoisotopic (exact) mass is 498 g/mol. The summed E-state index contributed by atoms with van der Waals surface area (Å²) in [5.41, 5.74) is 0.522. The molecule has 2 aromatic carbocycles. The molecule has 9 heteroatoms. The number of nitrogens with zero attached hydrogens (tertiary/aromatic N) is 4. The molecule has 3 rings (SSSR count). The van der Waals surface area contributed by atoms with E-state index in [2.05, 4.69) is 21.0 Å². The molecule has 0 unspecified atom stereocenters. The van der Waals surface area contributed by atoms with Crippen molar-refractivity contribution in [2.24, 2.45) is 5.10 Å². The summed E-state index contributed by atoms with van der Waals surface area (Å²) in [4.78, 5) is 18.0. The minimum absolute atomic E-state index is 0.150. The fourth-order valence-electron chi connectivity index (χ4n) is 3.09. The fraction of sp³-hybridized carbons (Fsp3) is 0.304. The van der Waals surface area contributed by atoms with E-state index < -0.39 is 5.41 Å². The summed E-state index contributed by atoms with van der Waals surface area (Å²) in [6, 6.07) is 10.7. The zero-order chi connectivity index (χ0) is 23.5. The highest BCUT2D eigenvalue weighted by Crippen LogP contribution is 2.38. The lowest BCUT2D eigenvalue weighted by molar-refractivity contribution is 0.303. The van der Waals surface area contributed by atoms with Gasteiger partial charge < -0.3 is 14.2 Å². The average molecular weight is 499 g/mol. The van der Waals surface area contributed by atoms with Crippen molar-refractivity contribution in [3.05, 3.63) is 56.5 Å². The average Bonchev–Trinajstić information content (AvgIpc) is 2.76. The number of halogens is 1. The summed E-state index contributed by atoms with van der Waals surface area (Å²) >= 11 is 3.41. The predicted molar refractivity (Wildman–Crippen MR) is 126 cm³/mol. The number of fused-ring (bicyclic) bond motifs is 1. The van der Waals surface area contributed by atoms with Crippen LogP contribution in [-0.4, -0.2) is 36.7 Å². The number of hydrogen-bond donors (Lipinski definition) is 0. The molecule has 166 valence electrons. The van der Waals surface area contributed by atoms with Gasteiger partial charge in [-0.2, -0.15) is 15.0 Å². The summed E-state index contributed by atoms with van der Waals surface area (Å²) in [6.07, 6.45) is 1.53. The fourth-order valence-corrected chi connectivity index (χ4v) is 3.45. The van der Waals surface area contributed by atoms with Crippen molar-refractivity contribution in [3.8, 4) is 23.3 Å². The van der Waals surface area contributed by atoms with Gasteiger partial charge in [0.05, 0.1) is 31.3 Å². The minimum Gasteiger partial charge on any atom is -0.493 e. The van der Waals surface area contributed by atoms with E-state index in [1.54, 1.807) is 24.3 Å². The molecule has 1 heterocycles. The lowest BCUT2D eigenvalue weighted by Gasteiger charge is -2.21. The van der Waals surface area contributed by atoms with Gasteiger partial charge in [-0.15, -0.1) is 0 Å². The largest absolute Gasteiger partial charge is 0.493 e. The Bertz CT molecular complexity index is 1260. The first-order valence-electron chi connectivity index (χ1n) is 9.72. The van der Waals surface area contributed by atoms with Crippen LogP contribution in [-0.2, 0) is 5.41 Å². The van der Waals surface area contributed by atoms with E-state index in [9.17, 15) is 4.79 Å². The van der Waals surface area contributed by atoms with E-state index in [0.717, 1.165) is 4.47 Å². The van der Waals surface area contributed by atoms with E-state index in [1.807, 2.05) is 32.9 Å². The molecule has 8 nitrogen and oxygen atoms in total. The molecule has 0 bridgehead atoms. The molecule has 0 aliphatic heterocycles. The summed E-state index contributed by atoms with van der Waals surface area (Å²) in [7, 11) is 2.98. The van der Waals surface area contributed by atoms with Crippen LogP contribution in [0.5, 0.6) is 17.2 Å². The first-order chi connectivity index (χ1) is 15.2. The molecule has 0 aliphatic rings. The number of ether oxygens (including phenoxy) is 3. The summed E-state index contributed by atoms with van der Waals surface area (Å²) in [6.45, 7) is 5.76. The second-order valence-electron chi connectivity index (χ2n) is 7.91. The van der Waals surface area contributed by atoms with Crippen LogP contribution in [0.2, 0.25) is 0 Å². The van der Waals surface area contributed by atoms with Gasteiger partial charge in [-0.25, -0.2) is 4.98 Å². The van der Waals surface area contributed by atoms with Crippen LogP contribution >= 0.6 is 15.9 Å². The number of methoxy groups -OCH3 is 2. The molecule has 0 fully saturated rings. The van der Waals surface area contributed by atoms with E-state index in [0.29, 0.717) is 39.5 Å². The Labute approximate surface area is 194 Å². The quantitative estimate of drug-likeness (QED) is 0.470. The van der Waals surface area contributed by atoms with Crippen LogP contribution in [0.15, 0.2) is 44.7 Å². The Balaban J connectivity index is 2.17. The SMILES string of the molecule is COc1cc(C=Nn2c(C(C)(C)C)nc3ccc(Br)cc3c2=O)cc(OC)c1OCC#N. The highest BCUT2D eigenvalue weighted by atomic mass is 79.9. The first-order valence-corrected chi connectivity index (χ1v) is 10.5. The van der Waals surface area contributed by atoms with E-state index >= 15 is 0 Å². The Morgan fingerprint density at radius 3 is 2.41 bits per heavy atom. The van der Waals surface area contributed by atoms with Crippen LogP contribution in [0.3, 0.4) is 0 Å². The van der Waals surface area contributed by atoms with Gasteiger partial charge in [0.25, 0.3) is 5.56 Å². The van der Waals surface area contributed by atoms with E-state index in [4.69, 9.17) is 24.5 Å². The van der Waals surface area contributed by atoms with Gasteiger partial charge in [0.15, 0.2) is 18.1 Å². The van der Waals surface area contributed by atoms with Crippen molar-refractivity contribution in [2.45, 2.75) is 26.2 Å². The van der Waals surface area contributed by atoms with Crippen molar-refractivity contribution < 1.29 is 14.2 Å². The topological polar surface area (TPSA) is 98.7 Å². The maximum Gasteiger partial charge on any atom is 0.282 e. The second kappa shape index (κ2) is 9.40. The molecule has 0 N–H and O–H groups in total. The van der Waals surface area contributed by atoms with Gasteiger partial charge >= 0.3 is 0 Å². The maximum absolute atomic E-state index is 13.3. The summed E-state index contributed by atoms with van der Waals surface area (Å²) < 4.78 is 18.3. The normalized spacial score (nSPS) is 11.5. The molecule has 1 aromatic heterocycles. The Morgan fingerprint density at radius 2 is 1.84 bits per heavy atom. The number of benzene rings is 2. The third-order valence-electron chi connectivity index (χ3n) is 4.57. The maximum atomic E-state index is 13.3. The van der Waals surface area contributed by atoms with E-state index in [1.165, 1.54) is 25.1 Å². The van der Waals surface area contributed by atoms with Crippen molar-refractivity contribution >= 4 is 33.0 Å². The van der Waals surface area contributed by atoms with Gasteiger partial charge in [-0.3, -0.25) is 4.79 Å². The van der Waals surface area contributed by atoms with Crippen LogP contribution in [0.25, 0.3) is 10.9 Å². The molecule has 0 spiro atoms. The van der Waals surface area contributed by atoms with Gasteiger partial charge in [-0.05, 0) is 30.3 Å². The van der Waals surface area contributed by atoms with Crippen LogP contribution in [0, 0.1) is 11.3 Å². The molecule has 32 heavy (non-hydrogen) atoms. The van der Waals surface area contributed by atoms with E-state index in [-0.39, 0.29) is 12.2 Å². The van der Waals surface area contributed by atoms with Crippen LogP contribution in [0.1, 0.15) is 32.2 Å². The van der Waals surface area contributed by atoms with Crippen molar-refractivity contribution in [3.63, 3.8) is 0 Å². The third-order valence-corrected chi connectivity index (χ3v) is 5.06. The van der Waals surface area contributed by atoms with Crippen molar-refractivity contribution in [1.29, 1.82) is 5.26 Å². The molecular formula is C23H23BrN4O4. The molecule has 0 atom stereocenters. The molecule has 0 saturated heterocycles. The smallest absolute Gasteiger partial charge is 0.282 e. The van der Waals surface area contributed by atoms with Gasteiger partial charge in [0.1, 0.15) is 11.9 Å². The van der Waals surface area contributed by atoms with Crippen molar-refractivity contribution in [1.82, 2.24) is 9.66 Å². The minimum atomic E-state index is -0.428. The molecule has 0 radical (unpaired) electrons. The number of hydrogen-bond acceptors (Lipinski definition) is 7. The standard InChI is InChI=1S/C23H23BrN4O4/c1-23(2,3)22-27-17-7-6-15(24)12-16(17)21(29)28(22)26-13-14-10-18(30-4)20(32-9-8-25)19(11-14)31-5/h6-7,10-13H,9H2,1-5H3. The Morgan fingerprint density at radius 1 is 1.19 bits per heavy atom. The second-order valence-corrected chi connectivity index (χ2v) is 8.83. The van der Waals surface area contributed by atoms with Gasteiger partial charge in [0.2, 0.25) is 5.75 Å². The molecular weight excluding hydrogens is 476 g/mol. The highest BCUT2D eigenvalue weighted by molar-refractivity contribution is 9.10. The number of aromatic nitrogens is 2. The molecule has 0 saturated carbocycles. The Kier molecular flexibility index (Phi) is 6.84. The first kappa shape index (κ1) is 23.3. The molecule has 3 aromatic rings. The van der Waals surface area contributed by atoms with Crippen molar-refractivity contribution in [2.75, 3.05) is 20.8 Å². The molecule has 0 amide bonds. The lowest BCUT2D eigenvalue weighted by Crippen LogP contribution is -2.29. The zero-order valence-electron chi connectivity index (χ0n) is 18.5. The highest BCUT2D eigenvalue weighted by Gasteiger charge is 2.23. The Hall–Kier alpha value is -3.38. The van der Waals surface area contributed by atoms with Gasteiger partial charge in [0, 0.05) is 15.5 Å². The summed E-state index contributed by atoms with van der Waals surface area (Å²) in [5, 5.41) is 13.7.